The van der Waals surface area contributed by atoms with Crippen LogP contribution in [0, 0.1) is 0 Å². The molecule has 0 fully saturated rings. The first-order chi connectivity index (χ1) is 18.6. The SMILES string of the molecule is CCCCOC(=O)CCc1ccc(-c2ccc(-c3ccc(-c4ccc(CCC(=O)OCCCC)s4)s3)s2)s1. The molecule has 38 heavy (non-hydrogen) atoms. The maximum Gasteiger partial charge on any atom is 0.306 e. The van der Waals surface area contributed by atoms with E-state index in [1.165, 1.54) is 39.0 Å². The summed E-state index contributed by atoms with van der Waals surface area (Å²) in [5.41, 5.74) is 0. The van der Waals surface area contributed by atoms with Gasteiger partial charge in [-0.25, -0.2) is 0 Å². The summed E-state index contributed by atoms with van der Waals surface area (Å²) in [5, 5.41) is 0. The molecule has 4 nitrogen and oxygen atoms in total. The molecule has 0 saturated carbocycles. The molecule has 0 aliphatic heterocycles. The Labute approximate surface area is 241 Å². The monoisotopic (exact) mass is 586 g/mol. The molecule has 202 valence electrons. The molecule has 0 unspecified atom stereocenters. The molecule has 0 atom stereocenters. The van der Waals surface area contributed by atoms with Crippen molar-refractivity contribution in [3.63, 3.8) is 0 Å². The minimum absolute atomic E-state index is 0.108. The van der Waals surface area contributed by atoms with Crippen LogP contribution in [0.3, 0.4) is 0 Å². The zero-order valence-electron chi connectivity index (χ0n) is 22.0. The van der Waals surface area contributed by atoms with Crippen LogP contribution >= 0.6 is 45.3 Å². The fourth-order valence-corrected chi connectivity index (χ4v) is 8.05. The minimum atomic E-state index is -0.108. The average molecular weight is 587 g/mol. The summed E-state index contributed by atoms with van der Waals surface area (Å²) in [5.74, 6) is -0.217. The van der Waals surface area contributed by atoms with E-state index in [0.29, 0.717) is 26.1 Å². The molecule has 4 aromatic rings. The third-order valence-corrected chi connectivity index (χ3v) is 11.0. The molecule has 8 heteroatoms. The molecule has 0 aliphatic rings. The predicted molar refractivity (Wildman–Crippen MR) is 163 cm³/mol. The van der Waals surface area contributed by atoms with Crippen LogP contribution in [0.4, 0.5) is 0 Å². The van der Waals surface area contributed by atoms with Crippen LogP contribution in [0.1, 0.15) is 62.1 Å². The quantitative estimate of drug-likeness (QED) is 0.103. The Morgan fingerprint density at radius 2 is 0.895 bits per heavy atom. The van der Waals surface area contributed by atoms with E-state index in [1.54, 1.807) is 45.3 Å². The van der Waals surface area contributed by atoms with E-state index in [0.717, 1.165) is 38.5 Å². The smallest absolute Gasteiger partial charge is 0.306 e. The number of unbranched alkanes of at least 4 members (excludes halogenated alkanes) is 2. The van der Waals surface area contributed by atoms with E-state index in [-0.39, 0.29) is 11.9 Å². The first-order valence-electron chi connectivity index (χ1n) is 13.2. The van der Waals surface area contributed by atoms with Gasteiger partial charge in [0.25, 0.3) is 0 Å². The highest BCUT2D eigenvalue weighted by atomic mass is 32.1. The largest absolute Gasteiger partial charge is 0.466 e. The number of hydrogen-bond donors (Lipinski definition) is 0. The molecule has 0 radical (unpaired) electrons. The Morgan fingerprint density at radius 1 is 0.553 bits per heavy atom. The topological polar surface area (TPSA) is 52.6 Å². The van der Waals surface area contributed by atoms with Gasteiger partial charge in [0.05, 0.1) is 26.1 Å². The predicted octanol–water partition coefficient (Wildman–Crippen LogP) is 9.49. The highest BCUT2D eigenvalue weighted by Crippen LogP contribution is 2.43. The molecule has 4 aromatic heterocycles. The highest BCUT2D eigenvalue weighted by Gasteiger charge is 2.13. The fraction of sp³-hybridized carbons (Fsp3) is 0.400. The van der Waals surface area contributed by atoms with Crippen LogP contribution in [0.5, 0.6) is 0 Å². The summed E-state index contributed by atoms with van der Waals surface area (Å²) in [6, 6.07) is 17.3. The molecule has 0 bridgehead atoms. The van der Waals surface area contributed by atoms with Gasteiger partial charge in [0.1, 0.15) is 0 Å². The van der Waals surface area contributed by atoms with Gasteiger partial charge in [0, 0.05) is 39.0 Å². The number of rotatable bonds is 15. The van der Waals surface area contributed by atoms with Gasteiger partial charge in [-0.2, -0.15) is 0 Å². The second-order valence-electron chi connectivity index (χ2n) is 9.01. The lowest BCUT2D eigenvalue weighted by molar-refractivity contribution is -0.144. The number of carbonyl (C=O) groups is 2. The molecular formula is C30H34O4S4. The summed E-state index contributed by atoms with van der Waals surface area (Å²) >= 11 is 7.12. The lowest BCUT2D eigenvalue weighted by atomic mass is 10.2. The Hall–Kier alpha value is -2.26. The van der Waals surface area contributed by atoms with Gasteiger partial charge in [-0.1, -0.05) is 26.7 Å². The van der Waals surface area contributed by atoms with Crippen molar-refractivity contribution >= 4 is 57.3 Å². The van der Waals surface area contributed by atoms with Gasteiger partial charge in [0.2, 0.25) is 0 Å². The molecule has 0 amide bonds. The second-order valence-corrected chi connectivity index (χ2v) is 13.5. The average Bonchev–Trinajstić information content (AvgIpc) is 3.72. The summed E-state index contributed by atoms with van der Waals surface area (Å²) in [7, 11) is 0. The van der Waals surface area contributed by atoms with Crippen LogP contribution in [-0.4, -0.2) is 25.2 Å². The lowest BCUT2D eigenvalue weighted by Gasteiger charge is -2.02. The van der Waals surface area contributed by atoms with Crippen molar-refractivity contribution < 1.29 is 19.1 Å². The number of thiophene rings is 4. The zero-order valence-corrected chi connectivity index (χ0v) is 25.2. The van der Waals surface area contributed by atoms with Gasteiger partial charge >= 0.3 is 11.9 Å². The molecule has 0 spiro atoms. The number of hydrogen-bond acceptors (Lipinski definition) is 8. The Morgan fingerprint density at radius 3 is 1.26 bits per heavy atom. The van der Waals surface area contributed by atoms with Gasteiger partial charge in [-0.05, 0) is 74.2 Å². The van der Waals surface area contributed by atoms with Crippen molar-refractivity contribution in [3.8, 4) is 29.3 Å². The van der Waals surface area contributed by atoms with E-state index in [1.807, 2.05) is 0 Å². The summed E-state index contributed by atoms with van der Waals surface area (Å²) < 4.78 is 10.5. The van der Waals surface area contributed by atoms with E-state index < -0.39 is 0 Å². The van der Waals surface area contributed by atoms with Crippen molar-refractivity contribution in [1.82, 2.24) is 0 Å². The molecule has 0 aromatic carbocycles. The maximum absolute atomic E-state index is 11.9. The first kappa shape index (κ1) is 28.7. The van der Waals surface area contributed by atoms with Crippen LogP contribution in [0.25, 0.3) is 29.3 Å². The van der Waals surface area contributed by atoms with Crippen molar-refractivity contribution in [3.05, 3.63) is 58.3 Å². The van der Waals surface area contributed by atoms with Crippen LogP contribution < -0.4 is 0 Å². The number of carbonyl (C=O) groups excluding carboxylic acids is 2. The van der Waals surface area contributed by atoms with Crippen molar-refractivity contribution in [2.45, 2.75) is 65.2 Å². The van der Waals surface area contributed by atoms with Crippen LogP contribution in [0.2, 0.25) is 0 Å². The van der Waals surface area contributed by atoms with Crippen molar-refractivity contribution in [2.75, 3.05) is 13.2 Å². The Kier molecular flexibility index (Phi) is 11.2. The van der Waals surface area contributed by atoms with Gasteiger partial charge < -0.3 is 9.47 Å². The van der Waals surface area contributed by atoms with E-state index in [4.69, 9.17) is 9.47 Å². The first-order valence-corrected chi connectivity index (χ1v) is 16.5. The molecule has 0 N–H and O–H groups in total. The zero-order chi connectivity index (χ0) is 26.7. The maximum atomic E-state index is 11.9. The van der Waals surface area contributed by atoms with Crippen molar-refractivity contribution in [1.29, 1.82) is 0 Å². The molecular weight excluding hydrogens is 553 g/mol. The summed E-state index contributed by atoms with van der Waals surface area (Å²) in [4.78, 5) is 33.7. The molecule has 0 aliphatic carbocycles. The highest BCUT2D eigenvalue weighted by molar-refractivity contribution is 7.28. The summed E-state index contributed by atoms with van der Waals surface area (Å²) in [6.45, 7) is 5.23. The number of aryl methyl sites for hydroxylation is 2. The minimum Gasteiger partial charge on any atom is -0.466 e. The van der Waals surface area contributed by atoms with Crippen LogP contribution in [-0.2, 0) is 31.9 Å². The molecule has 4 heterocycles. The Bertz CT molecular complexity index is 1210. The number of esters is 2. The van der Waals surface area contributed by atoms with Gasteiger partial charge in [-0.3, -0.25) is 9.59 Å². The molecule has 4 rings (SSSR count). The summed E-state index contributed by atoms with van der Waals surface area (Å²) in [6.07, 6.45) is 6.24. The van der Waals surface area contributed by atoms with Gasteiger partial charge in [-0.15, -0.1) is 45.3 Å². The third-order valence-electron chi connectivity index (χ3n) is 5.94. The second kappa shape index (κ2) is 14.8. The van der Waals surface area contributed by atoms with E-state index in [2.05, 4.69) is 62.4 Å². The van der Waals surface area contributed by atoms with Crippen molar-refractivity contribution in [2.24, 2.45) is 0 Å². The van der Waals surface area contributed by atoms with E-state index >= 15 is 0 Å². The standard InChI is InChI=1S/C30H34O4S4/c1-3-5-19-33-29(31)17-9-21-7-11-23(35-21)25-13-15-27(37-25)28-16-14-26(38-28)24-12-8-22(36-24)10-18-30(32)34-20-6-4-2/h7-8,11-16H,3-6,9-10,17-20H2,1-2H3. The normalized spacial score (nSPS) is 11.1. The van der Waals surface area contributed by atoms with Gasteiger partial charge in [0.15, 0.2) is 0 Å². The lowest BCUT2D eigenvalue weighted by Crippen LogP contribution is -2.06. The van der Waals surface area contributed by atoms with Crippen LogP contribution in [0.15, 0.2) is 48.5 Å². The third kappa shape index (κ3) is 8.37. The fourth-order valence-electron chi connectivity index (χ4n) is 3.75. The molecule has 0 saturated heterocycles. The Balaban J connectivity index is 1.31. The van der Waals surface area contributed by atoms with E-state index in [9.17, 15) is 9.59 Å². The number of ether oxygens (including phenoxy) is 2.